The minimum absolute atomic E-state index is 0.0400. The number of nitrogens with one attached hydrogen (secondary N) is 3. The van der Waals surface area contributed by atoms with Crippen LogP contribution in [-0.4, -0.2) is 83.3 Å². The van der Waals surface area contributed by atoms with Crippen LogP contribution in [0.25, 0.3) is 0 Å². The number of carbonyl (C=O) groups excluding carboxylic acids is 2. The van der Waals surface area contributed by atoms with Crippen LogP contribution in [0.1, 0.15) is 12.8 Å². The molecule has 184 valence electrons. The minimum Gasteiger partial charge on any atom is -0.379 e. The molecule has 33 heavy (non-hydrogen) atoms. The zero-order valence-corrected chi connectivity index (χ0v) is 18.6. The number of rotatable bonds is 7. The number of benzene rings is 1. The maximum absolute atomic E-state index is 13.0. The zero-order valence-electron chi connectivity index (χ0n) is 17.8. The second-order valence-electron chi connectivity index (χ2n) is 7.59. The van der Waals surface area contributed by atoms with Gasteiger partial charge in [0.2, 0.25) is 15.9 Å². The Morgan fingerprint density at radius 1 is 1.06 bits per heavy atom. The molecule has 2 aliphatic heterocycles. The largest absolute Gasteiger partial charge is 0.405 e. The number of urea groups is 1. The number of hydrogen-bond donors (Lipinski definition) is 3. The summed E-state index contributed by atoms with van der Waals surface area (Å²) in [5, 5.41) is 6.17. The van der Waals surface area contributed by atoms with Crippen molar-refractivity contribution in [1.29, 1.82) is 0 Å². The van der Waals surface area contributed by atoms with Crippen molar-refractivity contribution in [3.05, 3.63) is 18.2 Å². The van der Waals surface area contributed by atoms with E-state index in [9.17, 15) is 31.2 Å². The molecule has 0 aliphatic carbocycles. The lowest BCUT2D eigenvalue weighted by Gasteiger charge is -2.27. The number of anilines is 2. The molecular weight excluding hydrogens is 467 g/mol. The quantitative estimate of drug-likeness (QED) is 0.521. The predicted octanol–water partition coefficient (Wildman–Crippen LogP) is 1.11. The Balaban J connectivity index is 1.72. The zero-order chi connectivity index (χ0) is 24.1. The highest BCUT2D eigenvalue weighted by Gasteiger charge is 2.29. The number of ether oxygens (including phenoxy) is 1. The van der Waals surface area contributed by atoms with Crippen LogP contribution in [0.15, 0.2) is 23.1 Å². The van der Waals surface area contributed by atoms with Gasteiger partial charge in [0.1, 0.15) is 6.54 Å². The van der Waals surface area contributed by atoms with Crippen molar-refractivity contribution >= 4 is 33.3 Å². The first-order valence-corrected chi connectivity index (χ1v) is 11.9. The van der Waals surface area contributed by atoms with Gasteiger partial charge in [-0.2, -0.15) is 17.5 Å². The number of amides is 3. The number of imide groups is 1. The lowest BCUT2D eigenvalue weighted by molar-refractivity contribution is -0.124. The van der Waals surface area contributed by atoms with Crippen molar-refractivity contribution in [3.8, 4) is 0 Å². The highest BCUT2D eigenvalue weighted by atomic mass is 32.2. The van der Waals surface area contributed by atoms with Crippen molar-refractivity contribution in [3.63, 3.8) is 0 Å². The Morgan fingerprint density at radius 3 is 2.36 bits per heavy atom. The fraction of sp³-hybridized carbons (Fsp3) is 0.579. The van der Waals surface area contributed by atoms with Gasteiger partial charge < -0.3 is 20.3 Å². The van der Waals surface area contributed by atoms with E-state index in [2.05, 4.69) is 5.32 Å². The van der Waals surface area contributed by atoms with E-state index in [1.54, 1.807) is 16.7 Å². The topological polar surface area (TPSA) is 120 Å². The third-order valence-electron chi connectivity index (χ3n) is 5.16. The van der Waals surface area contributed by atoms with Crippen LogP contribution in [0.4, 0.5) is 29.3 Å². The number of carbonyl (C=O) groups is 2. The summed E-state index contributed by atoms with van der Waals surface area (Å²) in [7, 11) is -3.78. The van der Waals surface area contributed by atoms with Crippen LogP contribution in [0.5, 0.6) is 0 Å². The van der Waals surface area contributed by atoms with Gasteiger partial charge in [-0.1, -0.05) is 0 Å². The molecular formula is C19H26F3N5O5S. The van der Waals surface area contributed by atoms with Gasteiger partial charge in [0.05, 0.1) is 36.0 Å². The maximum atomic E-state index is 13.0. The molecule has 0 unspecified atom stereocenters. The van der Waals surface area contributed by atoms with Crippen LogP contribution in [0.3, 0.4) is 0 Å². The van der Waals surface area contributed by atoms with Crippen LogP contribution in [0.2, 0.25) is 0 Å². The number of sulfonamides is 1. The van der Waals surface area contributed by atoms with Gasteiger partial charge in [0, 0.05) is 26.2 Å². The molecule has 0 saturated carbocycles. The molecule has 0 bridgehead atoms. The number of hydrogen-bond acceptors (Lipinski definition) is 7. The van der Waals surface area contributed by atoms with Crippen molar-refractivity contribution in [2.75, 3.05) is 62.7 Å². The molecule has 0 radical (unpaired) electrons. The fourth-order valence-corrected chi connectivity index (χ4v) is 4.99. The van der Waals surface area contributed by atoms with E-state index in [0.29, 0.717) is 24.6 Å². The highest BCUT2D eigenvalue weighted by molar-refractivity contribution is 7.89. The summed E-state index contributed by atoms with van der Waals surface area (Å²) in [5.41, 5.74) is 1.07. The molecule has 0 spiro atoms. The molecule has 1 aromatic carbocycles. The molecule has 1 aromatic rings. The second-order valence-corrected chi connectivity index (χ2v) is 9.53. The fourth-order valence-electron chi connectivity index (χ4n) is 3.56. The Kier molecular flexibility index (Phi) is 8.02. The van der Waals surface area contributed by atoms with E-state index in [0.717, 1.165) is 25.9 Å². The lowest BCUT2D eigenvalue weighted by Crippen LogP contribution is -2.45. The SMILES string of the molecule is O=C(CNc1cc(S(=O)(=O)N2CCOCC2)ccc1N1CCCC1)NC(=O)NCC(F)(F)F. The smallest absolute Gasteiger partial charge is 0.379 e. The average Bonchev–Trinajstić information content (AvgIpc) is 3.31. The molecule has 10 nitrogen and oxygen atoms in total. The maximum Gasteiger partial charge on any atom is 0.405 e. The normalized spacial score (nSPS) is 17.6. The molecule has 3 N–H and O–H groups in total. The number of alkyl halides is 3. The van der Waals surface area contributed by atoms with Gasteiger partial charge in [0.25, 0.3) is 0 Å². The molecule has 2 heterocycles. The Morgan fingerprint density at radius 2 is 1.73 bits per heavy atom. The van der Waals surface area contributed by atoms with Gasteiger partial charge in [-0.05, 0) is 31.0 Å². The van der Waals surface area contributed by atoms with E-state index >= 15 is 0 Å². The van der Waals surface area contributed by atoms with E-state index < -0.39 is 41.2 Å². The standard InChI is InChI=1S/C19H26F3N5O5S/c20-19(21,22)13-24-18(29)25-17(28)12-23-15-11-14(3-4-16(15)26-5-1-2-6-26)33(30,31)27-7-9-32-10-8-27/h3-4,11,23H,1-2,5-10,12-13H2,(H2,24,25,28,29). The van der Waals surface area contributed by atoms with Crippen LogP contribution < -0.4 is 20.9 Å². The predicted molar refractivity (Wildman–Crippen MR) is 114 cm³/mol. The molecule has 2 fully saturated rings. The first kappa shape index (κ1) is 25.1. The van der Waals surface area contributed by atoms with Crippen molar-refractivity contribution < 1.29 is 35.9 Å². The van der Waals surface area contributed by atoms with Crippen molar-refractivity contribution in [2.45, 2.75) is 23.9 Å². The minimum atomic E-state index is -4.60. The van der Waals surface area contributed by atoms with Crippen molar-refractivity contribution in [1.82, 2.24) is 14.9 Å². The molecule has 0 atom stereocenters. The highest BCUT2D eigenvalue weighted by Crippen LogP contribution is 2.32. The summed E-state index contributed by atoms with van der Waals surface area (Å²) in [6, 6.07) is 3.32. The van der Waals surface area contributed by atoms with E-state index in [-0.39, 0.29) is 18.0 Å². The van der Waals surface area contributed by atoms with E-state index in [1.807, 2.05) is 4.90 Å². The Hall–Kier alpha value is -2.58. The van der Waals surface area contributed by atoms with Crippen LogP contribution in [0, 0.1) is 0 Å². The molecule has 14 heteroatoms. The van der Waals surface area contributed by atoms with E-state index in [1.165, 1.54) is 16.4 Å². The van der Waals surface area contributed by atoms with Gasteiger partial charge in [-0.25, -0.2) is 13.2 Å². The molecule has 0 aromatic heterocycles. The lowest BCUT2D eigenvalue weighted by atomic mass is 10.2. The summed E-state index contributed by atoms with van der Waals surface area (Å²) >= 11 is 0. The van der Waals surface area contributed by atoms with E-state index in [4.69, 9.17) is 4.74 Å². The van der Waals surface area contributed by atoms with Gasteiger partial charge >= 0.3 is 12.2 Å². The van der Waals surface area contributed by atoms with Gasteiger partial charge in [0.15, 0.2) is 0 Å². The van der Waals surface area contributed by atoms with Gasteiger partial charge in [-0.15, -0.1) is 0 Å². The van der Waals surface area contributed by atoms with Gasteiger partial charge in [-0.3, -0.25) is 10.1 Å². The van der Waals surface area contributed by atoms with Crippen LogP contribution in [-0.2, 0) is 19.6 Å². The molecule has 3 amide bonds. The third kappa shape index (κ3) is 6.95. The number of halogens is 3. The summed E-state index contributed by atoms with van der Waals surface area (Å²) in [6.45, 7) is 0.566. The summed E-state index contributed by atoms with van der Waals surface area (Å²) in [4.78, 5) is 25.6. The monoisotopic (exact) mass is 493 g/mol. The first-order valence-electron chi connectivity index (χ1n) is 10.4. The summed E-state index contributed by atoms with van der Waals surface area (Å²) < 4.78 is 69.1. The molecule has 2 saturated heterocycles. The summed E-state index contributed by atoms with van der Waals surface area (Å²) in [6.07, 6.45) is -2.67. The molecule has 2 aliphatic rings. The van der Waals surface area contributed by atoms with Crippen LogP contribution >= 0.6 is 0 Å². The third-order valence-corrected chi connectivity index (χ3v) is 7.06. The Labute approximate surface area is 189 Å². The second kappa shape index (κ2) is 10.6. The first-order chi connectivity index (χ1) is 15.6. The van der Waals surface area contributed by atoms with Crippen molar-refractivity contribution in [2.24, 2.45) is 0 Å². The number of nitrogens with zero attached hydrogens (tertiary/aromatic N) is 2. The Bertz CT molecular complexity index is 961. The number of morpholine rings is 1. The average molecular weight is 494 g/mol. The summed E-state index contributed by atoms with van der Waals surface area (Å²) in [5.74, 6) is -0.872. The molecule has 3 rings (SSSR count).